The predicted molar refractivity (Wildman–Crippen MR) is 110 cm³/mol. The third-order valence-corrected chi connectivity index (χ3v) is 5.75. The summed E-state index contributed by atoms with van der Waals surface area (Å²) in [6, 6.07) is 6.70. The Morgan fingerprint density at radius 1 is 1.09 bits per heavy atom. The summed E-state index contributed by atoms with van der Waals surface area (Å²) in [4.78, 5) is 23.9. The van der Waals surface area contributed by atoms with Crippen LogP contribution in [0.15, 0.2) is 47.4 Å². The Morgan fingerprint density at radius 3 is 2.21 bits per heavy atom. The number of esters is 1. The minimum absolute atomic E-state index is 0.185. The number of alkyl halides is 3. The van der Waals surface area contributed by atoms with E-state index in [9.17, 15) is 36.3 Å². The minimum Gasteiger partial charge on any atom is -0.495 e. The van der Waals surface area contributed by atoms with Gasteiger partial charge >= 0.3 is 18.2 Å². The molecule has 0 aliphatic rings. The van der Waals surface area contributed by atoms with Gasteiger partial charge in [-0.05, 0) is 38.1 Å². The molecule has 0 fully saturated rings. The van der Waals surface area contributed by atoms with Gasteiger partial charge in [-0.3, -0.25) is 0 Å². The number of anilines is 1. The van der Waals surface area contributed by atoms with Crippen LogP contribution >= 0.6 is 0 Å². The maximum Gasteiger partial charge on any atom is 0.432 e. The normalized spacial score (nSPS) is 13.5. The first-order chi connectivity index (χ1) is 15.3. The number of nitrogens with one attached hydrogen (secondary N) is 2. The maximum atomic E-state index is 13.5. The van der Waals surface area contributed by atoms with Gasteiger partial charge in [0, 0.05) is 5.56 Å². The number of methoxy groups -OCH3 is 1. The van der Waals surface area contributed by atoms with Crippen LogP contribution < -0.4 is 14.8 Å². The van der Waals surface area contributed by atoms with E-state index in [4.69, 9.17) is 4.74 Å². The number of halogens is 3. The molecule has 0 saturated heterocycles. The molecule has 0 saturated carbocycles. The molecule has 2 aromatic rings. The molecule has 2 rings (SSSR count). The van der Waals surface area contributed by atoms with Crippen LogP contribution in [0.1, 0.15) is 18.1 Å². The Hall–Kier alpha value is -3.32. The van der Waals surface area contributed by atoms with Gasteiger partial charge in [-0.25, -0.2) is 22.7 Å². The van der Waals surface area contributed by atoms with Crippen LogP contribution in [-0.2, 0) is 25.2 Å². The molecule has 1 unspecified atom stereocenters. The fourth-order valence-electron chi connectivity index (χ4n) is 2.70. The van der Waals surface area contributed by atoms with E-state index in [1.165, 1.54) is 31.2 Å². The van der Waals surface area contributed by atoms with Crippen molar-refractivity contribution in [3.63, 3.8) is 0 Å². The lowest BCUT2D eigenvalue weighted by molar-refractivity contribution is -0.267. The van der Waals surface area contributed by atoms with E-state index >= 15 is 0 Å². The number of rotatable bonds is 7. The zero-order valence-electron chi connectivity index (χ0n) is 17.7. The van der Waals surface area contributed by atoms with Crippen LogP contribution in [0.4, 0.5) is 23.7 Å². The number of carbonyl (C=O) groups is 2. The second kappa shape index (κ2) is 9.67. The number of ether oxygens (including phenoxy) is 2. The molecule has 0 aliphatic carbocycles. The van der Waals surface area contributed by atoms with Crippen molar-refractivity contribution in [3.8, 4) is 5.75 Å². The molecule has 0 heterocycles. The average molecular weight is 490 g/mol. The van der Waals surface area contributed by atoms with Gasteiger partial charge in [0.15, 0.2) is 0 Å². The molecule has 0 spiro atoms. The largest absolute Gasteiger partial charge is 0.495 e. The lowest BCUT2D eigenvalue weighted by Crippen LogP contribution is -2.50. The first-order valence-electron chi connectivity index (χ1n) is 9.31. The standard InChI is InChI=1S/C20H21F3N2O7S/c1-4-32-17(26)19(28,20(21,22)23)13-7-10-15(16(11-13)31-3)24-18(27)25-33(29,30)14-8-5-12(2)6-9-14/h5-11,28H,4H2,1-3H3,(H2,24,25,27). The molecule has 1 atom stereocenters. The van der Waals surface area contributed by atoms with Crippen molar-refractivity contribution in [3.05, 3.63) is 53.6 Å². The van der Waals surface area contributed by atoms with E-state index in [-0.39, 0.29) is 16.3 Å². The van der Waals surface area contributed by atoms with E-state index < -0.39 is 46.0 Å². The van der Waals surface area contributed by atoms with E-state index in [0.29, 0.717) is 6.07 Å². The summed E-state index contributed by atoms with van der Waals surface area (Å²) in [6.45, 7) is 2.60. The summed E-state index contributed by atoms with van der Waals surface area (Å²) < 4.78 is 76.3. The number of hydrogen-bond donors (Lipinski definition) is 3. The van der Waals surface area contributed by atoms with Crippen molar-refractivity contribution in [2.24, 2.45) is 0 Å². The van der Waals surface area contributed by atoms with E-state index in [1.54, 1.807) is 11.6 Å². The predicted octanol–water partition coefficient (Wildman–Crippen LogP) is 2.83. The molecular weight excluding hydrogens is 469 g/mol. The number of urea groups is 1. The smallest absolute Gasteiger partial charge is 0.432 e. The fourth-order valence-corrected chi connectivity index (χ4v) is 3.61. The van der Waals surface area contributed by atoms with Crippen LogP contribution in [0, 0.1) is 6.92 Å². The number of hydrogen-bond acceptors (Lipinski definition) is 7. The summed E-state index contributed by atoms with van der Waals surface area (Å²) in [5, 5.41) is 12.3. The lowest BCUT2D eigenvalue weighted by atomic mass is 9.92. The average Bonchev–Trinajstić information content (AvgIpc) is 2.72. The zero-order valence-corrected chi connectivity index (χ0v) is 18.5. The first kappa shape index (κ1) is 25.9. The number of benzene rings is 2. The van der Waals surface area contributed by atoms with Crippen molar-refractivity contribution in [2.75, 3.05) is 19.0 Å². The molecular formula is C20H21F3N2O7S. The molecule has 0 radical (unpaired) electrons. The fraction of sp³-hybridized carbons (Fsp3) is 0.300. The number of carbonyl (C=O) groups excluding carboxylic acids is 2. The molecule has 2 aromatic carbocycles. The molecule has 0 aliphatic heterocycles. The molecule has 0 aromatic heterocycles. The monoisotopic (exact) mass is 490 g/mol. The lowest BCUT2D eigenvalue weighted by Gasteiger charge is -2.29. The second-order valence-electron chi connectivity index (χ2n) is 6.72. The molecule has 3 N–H and O–H groups in total. The topological polar surface area (TPSA) is 131 Å². The summed E-state index contributed by atoms with van der Waals surface area (Å²) in [7, 11) is -3.18. The molecule has 180 valence electrons. The van der Waals surface area contributed by atoms with Crippen LogP contribution in [-0.4, -0.2) is 45.4 Å². The molecule has 33 heavy (non-hydrogen) atoms. The highest BCUT2D eigenvalue weighted by Gasteiger charge is 2.62. The van der Waals surface area contributed by atoms with Gasteiger partial charge in [-0.1, -0.05) is 23.8 Å². The highest BCUT2D eigenvalue weighted by atomic mass is 32.2. The highest BCUT2D eigenvalue weighted by Crippen LogP contribution is 2.42. The van der Waals surface area contributed by atoms with Crippen molar-refractivity contribution in [1.82, 2.24) is 4.72 Å². The van der Waals surface area contributed by atoms with Crippen LogP contribution in [0.3, 0.4) is 0 Å². The Balaban J connectivity index is 2.33. The molecule has 0 bridgehead atoms. The van der Waals surface area contributed by atoms with Crippen molar-refractivity contribution in [2.45, 2.75) is 30.5 Å². The Labute approximate surface area is 187 Å². The summed E-state index contributed by atoms with van der Waals surface area (Å²) >= 11 is 0. The van der Waals surface area contributed by atoms with Gasteiger partial charge in [-0.15, -0.1) is 0 Å². The quantitative estimate of drug-likeness (QED) is 0.509. The number of aliphatic hydroxyl groups is 1. The van der Waals surface area contributed by atoms with Crippen LogP contribution in [0.25, 0.3) is 0 Å². The molecule has 13 heteroatoms. The van der Waals surface area contributed by atoms with Gasteiger partial charge in [0.2, 0.25) is 0 Å². The minimum atomic E-state index is -5.43. The van der Waals surface area contributed by atoms with Crippen LogP contribution in [0.5, 0.6) is 5.75 Å². The third-order valence-electron chi connectivity index (χ3n) is 4.41. The van der Waals surface area contributed by atoms with Crippen molar-refractivity contribution < 1.29 is 45.8 Å². The maximum absolute atomic E-state index is 13.5. The van der Waals surface area contributed by atoms with Crippen LogP contribution in [0.2, 0.25) is 0 Å². The molecule has 2 amide bonds. The van der Waals surface area contributed by atoms with Gasteiger partial charge in [0.05, 0.1) is 24.3 Å². The van der Waals surface area contributed by atoms with Crippen molar-refractivity contribution in [1.29, 1.82) is 0 Å². The number of amides is 2. The van der Waals surface area contributed by atoms with Gasteiger partial charge in [0.25, 0.3) is 15.6 Å². The molecule has 9 nitrogen and oxygen atoms in total. The number of aryl methyl sites for hydroxylation is 1. The van der Waals surface area contributed by atoms with Gasteiger partial charge in [0.1, 0.15) is 5.75 Å². The Kier molecular flexibility index (Phi) is 7.60. The second-order valence-corrected chi connectivity index (χ2v) is 8.40. The zero-order chi connectivity index (χ0) is 25.0. The SMILES string of the molecule is CCOC(=O)C(O)(c1ccc(NC(=O)NS(=O)(=O)c2ccc(C)cc2)c(OC)c1)C(F)(F)F. The summed E-state index contributed by atoms with van der Waals surface area (Å²) in [6.07, 6.45) is -5.43. The van der Waals surface area contributed by atoms with E-state index in [0.717, 1.165) is 24.8 Å². The van der Waals surface area contributed by atoms with E-state index in [1.807, 2.05) is 0 Å². The van der Waals surface area contributed by atoms with E-state index in [2.05, 4.69) is 10.1 Å². The van der Waals surface area contributed by atoms with Gasteiger partial charge < -0.3 is 19.9 Å². The Bertz CT molecular complexity index is 1140. The van der Waals surface area contributed by atoms with Crippen molar-refractivity contribution >= 4 is 27.7 Å². The summed E-state index contributed by atoms with van der Waals surface area (Å²) in [5.41, 5.74) is -4.36. The Morgan fingerprint density at radius 2 is 1.70 bits per heavy atom. The van der Waals surface area contributed by atoms with Gasteiger partial charge in [-0.2, -0.15) is 13.2 Å². The first-order valence-corrected chi connectivity index (χ1v) is 10.8. The third kappa shape index (κ3) is 5.54. The summed E-state index contributed by atoms with van der Waals surface area (Å²) in [5.74, 6) is -2.33. The highest BCUT2D eigenvalue weighted by molar-refractivity contribution is 7.90. The number of sulfonamides is 1.